The molecule has 0 aliphatic rings. The fourth-order valence-corrected chi connectivity index (χ4v) is 2.67. The van der Waals surface area contributed by atoms with Crippen molar-refractivity contribution in [1.29, 1.82) is 0 Å². The van der Waals surface area contributed by atoms with Crippen molar-refractivity contribution in [2.45, 2.75) is 6.54 Å². The summed E-state index contributed by atoms with van der Waals surface area (Å²) >= 11 is 17.6. The fourth-order valence-electron chi connectivity index (χ4n) is 1.76. The van der Waals surface area contributed by atoms with Crippen molar-refractivity contribution in [1.82, 2.24) is 4.57 Å². The number of anilines is 1. The number of esters is 1. The predicted molar refractivity (Wildman–Crippen MR) is 91.8 cm³/mol. The number of nitrogens with one attached hydrogen (secondary N) is 1. The van der Waals surface area contributed by atoms with E-state index in [1.165, 1.54) is 24.4 Å². The minimum absolute atomic E-state index is 0.156. The molecule has 24 heavy (non-hydrogen) atoms. The lowest BCUT2D eigenvalue weighted by atomic mass is 10.3. The summed E-state index contributed by atoms with van der Waals surface area (Å²) in [6, 6.07) is 7.30. The smallest absolute Gasteiger partial charge is 0.326 e. The Hall–Kier alpha value is -2.02. The van der Waals surface area contributed by atoms with Crippen LogP contribution in [0.15, 0.2) is 41.3 Å². The summed E-state index contributed by atoms with van der Waals surface area (Å²) in [5, 5.41) is 3.06. The molecule has 1 aromatic heterocycles. The summed E-state index contributed by atoms with van der Waals surface area (Å²) in [4.78, 5) is 35.0. The van der Waals surface area contributed by atoms with E-state index in [9.17, 15) is 14.4 Å². The van der Waals surface area contributed by atoms with E-state index in [4.69, 9.17) is 39.5 Å². The number of hydrogen-bond acceptors (Lipinski definition) is 4. The molecule has 2 aromatic rings. The summed E-state index contributed by atoms with van der Waals surface area (Å²) in [5.41, 5.74) is -0.179. The molecule has 0 spiro atoms. The molecular formula is C15H11Cl3N2O4. The maximum atomic E-state index is 11.8. The van der Waals surface area contributed by atoms with Gasteiger partial charge in [-0.15, -0.1) is 0 Å². The van der Waals surface area contributed by atoms with Gasteiger partial charge in [0.25, 0.3) is 11.5 Å². The van der Waals surface area contributed by atoms with Crippen LogP contribution in [0.5, 0.6) is 0 Å². The number of aromatic nitrogens is 1. The summed E-state index contributed by atoms with van der Waals surface area (Å²) in [5.74, 6) is -1.36. The van der Waals surface area contributed by atoms with Crippen LogP contribution in [-0.4, -0.2) is 23.1 Å². The van der Waals surface area contributed by atoms with Crippen LogP contribution in [0.3, 0.4) is 0 Å². The maximum absolute atomic E-state index is 11.8. The lowest BCUT2D eigenvalue weighted by Crippen LogP contribution is -2.27. The van der Waals surface area contributed by atoms with Gasteiger partial charge < -0.3 is 14.6 Å². The molecule has 0 fully saturated rings. The molecule has 0 aliphatic heterocycles. The molecule has 126 valence electrons. The Labute approximate surface area is 151 Å². The van der Waals surface area contributed by atoms with E-state index in [-0.39, 0.29) is 27.8 Å². The molecule has 2 rings (SSSR count). The van der Waals surface area contributed by atoms with Crippen molar-refractivity contribution in [3.05, 3.63) is 62.0 Å². The standard InChI is InChI=1S/C15H11Cl3N2O4/c16-9-5-10(17)15(11(18)6-9)19-12(21)8-24-14(23)7-20-4-2-1-3-13(20)22/h1-6H,7-8H2,(H,19,21). The van der Waals surface area contributed by atoms with E-state index in [0.29, 0.717) is 5.02 Å². The van der Waals surface area contributed by atoms with Crippen LogP contribution in [0.4, 0.5) is 5.69 Å². The van der Waals surface area contributed by atoms with Gasteiger partial charge in [0, 0.05) is 17.3 Å². The van der Waals surface area contributed by atoms with E-state index in [1.54, 1.807) is 12.1 Å². The molecule has 0 unspecified atom stereocenters. The zero-order valence-corrected chi connectivity index (χ0v) is 14.4. The van der Waals surface area contributed by atoms with Gasteiger partial charge in [-0.25, -0.2) is 0 Å². The third kappa shape index (κ3) is 4.99. The highest BCUT2D eigenvalue weighted by Gasteiger charge is 2.13. The Morgan fingerprint density at radius 3 is 2.42 bits per heavy atom. The summed E-state index contributed by atoms with van der Waals surface area (Å²) < 4.78 is 5.98. The van der Waals surface area contributed by atoms with E-state index < -0.39 is 18.5 Å². The maximum Gasteiger partial charge on any atom is 0.326 e. The van der Waals surface area contributed by atoms with E-state index in [0.717, 1.165) is 4.57 Å². The molecule has 0 atom stereocenters. The van der Waals surface area contributed by atoms with Crippen molar-refractivity contribution in [3.8, 4) is 0 Å². The average molecular weight is 390 g/mol. The Bertz CT molecular complexity index is 812. The molecule has 0 bridgehead atoms. The lowest BCUT2D eigenvalue weighted by Gasteiger charge is -2.10. The third-order valence-electron chi connectivity index (χ3n) is 2.83. The minimum Gasteiger partial charge on any atom is -0.454 e. The van der Waals surface area contributed by atoms with Gasteiger partial charge in [-0.1, -0.05) is 40.9 Å². The van der Waals surface area contributed by atoms with E-state index in [2.05, 4.69) is 5.32 Å². The SMILES string of the molecule is O=C(COC(=O)Cn1ccccc1=O)Nc1c(Cl)cc(Cl)cc1Cl. The Kier molecular flexibility index (Phi) is 6.25. The number of hydrogen-bond donors (Lipinski definition) is 1. The zero-order valence-electron chi connectivity index (χ0n) is 12.1. The van der Waals surface area contributed by atoms with Crippen LogP contribution in [-0.2, 0) is 20.9 Å². The zero-order chi connectivity index (χ0) is 17.7. The molecule has 0 radical (unpaired) electrons. The third-order valence-corrected chi connectivity index (χ3v) is 3.65. The van der Waals surface area contributed by atoms with Crippen LogP contribution < -0.4 is 10.9 Å². The average Bonchev–Trinajstić information content (AvgIpc) is 2.51. The number of halogens is 3. The molecular weight excluding hydrogens is 379 g/mol. The van der Waals surface area contributed by atoms with E-state index in [1.807, 2.05) is 0 Å². The van der Waals surface area contributed by atoms with Crippen LogP contribution in [0.2, 0.25) is 15.1 Å². The first-order valence-corrected chi connectivity index (χ1v) is 7.75. The predicted octanol–water partition coefficient (Wildman–Crippen LogP) is 2.99. The molecule has 0 saturated carbocycles. The first-order chi connectivity index (χ1) is 11.4. The van der Waals surface area contributed by atoms with Crippen molar-refractivity contribution in [2.75, 3.05) is 11.9 Å². The summed E-state index contributed by atoms with van der Waals surface area (Å²) in [6.07, 6.45) is 1.44. The van der Waals surface area contributed by atoms with Crippen molar-refractivity contribution in [2.24, 2.45) is 0 Å². The van der Waals surface area contributed by atoms with Crippen molar-refractivity contribution >= 4 is 52.4 Å². The van der Waals surface area contributed by atoms with Gasteiger partial charge in [-0.2, -0.15) is 0 Å². The summed E-state index contributed by atoms with van der Waals surface area (Å²) in [6.45, 7) is -0.842. The first kappa shape index (κ1) is 18.3. The van der Waals surface area contributed by atoms with Gasteiger partial charge in [0.1, 0.15) is 6.54 Å². The highest BCUT2D eigenvalue weighted by atomic mass is 35.5. The molecule has 0 saturated heterocycles. The van der Waals surface area contributed by atoms with Crippen LogP contribution in [0, 0.1) is 0 Å². The molecule has 1 aromatic carbocycles. The monoisotopic (exact) mass is 388 g/mol. The number of ether oxygens (including phenoxy) is 1. The second kappa shape index (κ2) is 8.19. The second-order valence-electron chi connectivity index (χ2n) is 4.62. The summed E-state index contributed by atoms with van der Waals surface area (Å²) in [7, 11) is 0. The number of amides is 1. The van der Waals surface area contributed by atoms with E-state index >= 15 is 0 Å². The van der Waals surface area contributed by atoms with Gasteiger partial charge in [0.15, 0.2) is 6.61 Å². The van der Waals surface area contributed by atoms with Crippen LogP contribution in [0.1, 0.15) is 0 Å². The topological polar surface area (TPSA) is 77.4 Å². The van der Waals surface area contributed by atoms with Gasteiger partial charge >= 0.3 is 5.97 Å². The number of pyridine rings is 1. The van der Waals surface area contributed by atoms with Gasteiger partial charge in [0.2, 0.25) is 0 Å². The molecule has 1 heterocycles. The molecule has 9 heteroatoms. The van der Waals surface area contributed by atoms with Crippen molar-refractivity contribution in [3.63, 3.8) is 0 Å². The number of carbonyl (C=O) groups excluding carboxylic acids is 2. The first-order valence-electron chi connectivity index (χ1n) is 6.62. The largest absolute Gasteiger partial charge is 0.454 e. The van der Waals surface area contributed by atoms with Crippen molar-refractivity contribution < 1.29 is 14.3 Å². The Morgan fingerprint density at radius 1 is 1.12 bits per heavy atom. The molecule has 1 N–H and O–H groups in total. The number of carbonyl (C=O) groups is 2. The lowest BCUT2D eigenvalue weighted by molar-refractivity contribution is -0.147. The molecule has 0 aliphatic carbocycles. The number of benzene rings is 1. The van der Waals surface area contributed by atoms with Gasteiger partial charge in [-0.05, 0) is 18.2 Å². The van der Waals surface area contributed by atoms with Crippen LogP contribution >= 0.6 is 34.8 Å². The minimum atomic E-state index is -0.730. The fraction of sp³-hybridized carbons (Fsp3) is 0.133. The normalized spacial score (nSPS) is 10.3. The van der Waals surface area contributed by atoms with Crippen LogP contribution in [0.25, 0.3) is 0 Å². The van der Waals surface area contributed by atoms with Gasteiger partial charge in [-0.3, -0.25) is 14.4 Å². The highest BCUT2D eigenvalue weighted by Crippen LogP contribution is 2.33. The van der Waals surface area contributed by atoms with Gasteiger partial charge in [0.05, 0.1) is 15.7 Å². The molecule has 1 amide bonds. The number of rotatable bonds is 5. The Morgan fingerprint density at radius 2 is 1.79 bits per heavy atom. The molecule has 6 nitrogen and oxygen atoms in total. The Balaban J connectivity index is 1.91. The highest BCUT2D eigenvalue weighted by molar-refractivity contribution is 6.42. The number of nitrogens with zero attached hydrogens (tertiary/aromatic N) is 1. The second-order valence-corrected chi connectivity index (χ2v) is 5.87. The quantitative estimate of drug-likeness (QED) is 0.798.